The third kappa shape index (κ3) is 2.87. The Balaban J connectivity index is 1.81. The average Bonchev–Trinajstić information content (AvgIpc) is 2.94. The first kappa shape index (κ1) is 14.3. The smallest absolute Gasteiger partial charge is 0.245 e. The second-order valence-corrected chi connectivity index (χ2v) is 5.90. The molecule has 1 aliphatic rings. The third-order valence-corrected chi connectivity index (χ3v) is 4.27. The second kappa shape index (κ2) is 5.61. The Hall–Kier alpha value is -1.66. The van der Waals surface area contributed by atoms with E-state index in [9.17, 15) is 4.39 Å². The molecule has 0 aliphatic carbocycles. The molecule has 1 fully saturated rings. The van der Waals surface area contributed by atoms with Crippen LogP contribution in [0.15, 0.2) is 18.2 Å². The van der Waals surface area contributed by atoms with Crippen LogP contribution in [0.25, 0.3) is 11.4 Å². The van der Waals surface area contributed by atoms with Crippen LogP contribution in [-0.2, 0) is 0 Å². The van der Waals surface area contributed by atoms with Gasteiger partial charge >= 0.3 is 0 Å². The highest BCUT2D eigenvalue weighted by molar-refractivity contribution is 6.30. The molecule has 1 aliphatic heterocycles. The van der Waals surface area contributed by atoms with Crippen LogP contribution in [0.3, 0.4) is 0 Å². The summed E-state index contributed by atoms with van der Waals surface area (Å²) in [7, 11) is 0. The first-order valence-electron chi connectivity index (χ1n) is 6.93. The molecule has 0 radical (unpaired) electrons. The van der Waals surface area contributed by atoms with Crippen LogP contribution in [0, 0.1) is 11.7 Å². The summed E-state index contributed by atoms with van der Waals surface area (Å²) < 4.78 is 13.5. The zero-order valence-corrected chi connectivity index (χ0v) is 12.4. The van der Waals surface area contributed by atoms with Crippen LogP contribution in [0.4, 0.5) is 10.3 Å². The zero-order chi connectivity index (χ0) is 15.0. The number of rotatable bonds is 2. The van der Waals surface area contributed by atoms with Gasteiger partial charge in [-0.25, -0.2) is 4.39 Å². The number of H-pyrrole nitrogens is 1. The van der Waals surface area contributed by atoms with Gasteiger partial charge < -0.3 is 10.6 Å². The molecule has 3 rings (SSSR count). The van der Waals surface area contributed by atoms with Crippen LogP contribution in [-0.4, -0.2) is 34.3 Å². The Bertz CT molecular complexity index is 644. The molecule has 112 valence electrons. The third-order valence-electron chi connectivity index (χ3n) is 3.97. The maximum absolute atomic E-state index is 13.5. The van der Waals surface area contributed by atoms with Crippen LogP contribution >= 0.6 is 11.6 Å². The van der Waals surface area contributed by atoms with Gasteiger partial charge in [0, 0.05) is 24.7 Å². The topological polar surface area (TPSA) is 70.8 Å². The number of nitrogens with one attached hydrogen (secondary N) is 1. The molecule has 2 unspecified atom stereocenters. The standard InChI is InChI=1S/C14H17ClFN5/c1-8-4-5-21(7-12(8)17)14-18-13(19-20-14)9-2-3-10(15)11(16)6-9/h2-3,6,8,12H,4-5,7,17H2,1H3,(H,18,19,20). The Morgan fingerprint density at radius 1 is 1.48 bits per heavy atom. The van der Waals surface area contributed by atoms with Gasteiger partial charge in [-0.2, -0.15) is 4.98 Å². The lowest BCUT2D eigenvalue weighted by Gasteiger charge is -2.34. The SMILES string of the molecule is CC1CCN(c2n[nH]c(-c3ccc(Cl)c(F)c3)n2)CC1N. The fraction of sp³-hybridized carbons (Fsp3) is 0.429. The summed E-state index contributed by atoms with van der Waals surface area (Å²) in [6.07, 6.45) is 1.01. The summed E-state index contributed by atoms with van der Waals surface area (Å²) in [5.41, 5.74) is 6.70. The van der Waals surface area contributed by atoms with Gasteiger partial charge in [0.25, 0.3) is 0 Å². The summed E-state index contributed by atoms with van der Waals surface area (Å²) in [6, 6.07) is 4.68. The summed E-state index contributed by atoms with van der Waals surface area (Å²) in [5, 5.41) is 7.14. The Labute approximate surface area is 127 Å². The van der Waals surface area contributed by atoms with Crippen molar-refractivity contribution in [2.24, 2.45) is 11.7 Å². The molecule has 0 saturated carbocycles. The number of aromatic amines is 1. The lowest BCUT2D eigenvalue weighted by molar-refractivity contribution is 0.376. The lowest BCUT2D eigenvalue weighted by atomic mass is 9.95. The normalized spacial score (nSPS) is 22.6. The Kier molecular flexibility index (Phi) is 3.82. The van der Waals surface area contributed by atoms with Crippen molar-refractivity contribution < 1.29 is 4.39 Å². The molecule has 5 nitrogen and oxygen atoms in total. The van der Waals surface area contributed by atoms with Gasteiger partial charge in [0.05, 0.1) is 5.02 Å². The number of hydrogen-bond donors (Lipinski definition) is 2. The number of nitrogens with two attached hydrogens (primary N) is 1. The molecule has 2 aromatic rings. The number of aromatic nitrogens is 3. The van der Waals surface area contributed by atoms with Crippen molar-refractivity contribution in [3.05, 3.63) is 29.0 Å². The van der Waals surface area contributed by atoms with Gasteiger partial charge in [-0.05, 0) is 30.5 Å². The van der Waals surface area contributed by atoms with E-state index in [0.717, 1.165) is 19.5 Å². The number of nitrogens with zero attached hydrogens (tertiary/aromatic N) is 3. The molecule has 7 heteroatoms. The largest absolute Gasteiger partial charge is 0.338 e. The van der Waals surface area contributed by atoms with Crippen LogP contribution < -0.4 is 10.6 Å². The summed E-state index contributed by atoms with van der Waals surface area (Å²) >= 11 is 5.68. The van der Waals surface area contributed by atoms with Crippen molar-refractivity contribution >= 4 is 17.5 Å². The minimum atomic E-state index is -0.471. The first-order valence-corrected chi connectivity index (χ1v) is 7.30. The van der Waals surface area contributed by atoms with E-state index in [4.69, 9.17) is 17.3 Å². The number of halogens is 2. The summed E-state index contributed by atoms with van der Waals surface area (Å²) in [5.74, 6) is 1.15. The number of hydrogen-bond acceptors (Lipinski definition) is 4. The molecule has 0 bridgehead atoms. The van der Waals surface area contributed by atoms with E-state index in [1.807, 2.05) is 0 Å². The van der Waals surface area contributed by atoms with Crippen LogP contribution in [0.1, 0.15) is 13.3 Å². The highest BCUT2D eigenvalue weighted by atomic mass is 35.5. The van der Waals surface area contributed by atoms with Gasteiger partial charge in [-0.15, -0.1) is 5.10 Å². The minimum Gasteiger partial charge on any atom is -0.338 e. The molecule has 1 aromatic carbocycles. The van der Waals surface area contributed by atoms with Crippen molar-refractivity contribution in [3.63, 3.8) is 0 Å². The van der Waals surface area contributed by atoms with Gasteiger partial charge in [0.2, 0.25) is 5.95 Å². The highest BCUT2D eigenvalue weighted by Gasteiger charge is 2.25. The van der Waals surface area contributed by atoms with Gasteiger partial charge in [0.1, 0.15) is 5.82 Å². The zero-order valence-electron chi connectivity index (χ0n) is 11.7. The van der Waals surface area contributed by atoms with E-state index in [1.165, 1.54) is 12.1 Å². The number of benzene rings is 1. The van der Waals surface area contributed by atoms with Gasteiger partial charge in [-0.3, -0.25) is 5.10 Å². The Morgan fingerprint density at radius 2 is 2.29 bits per heavy atom. The first-order chi connectivity index (χ1) is 10.0. The van der Waals surface area contributed by atoms with E-state index in [1.54, 1.807) is 6.07 Å². The predicted molar refractivity (Wildman–Crippen MR) is 80.8 cm³/mol. The van der Waals surface area contributed by atoms with Crippen molar-refractivity contribution in [3.8, 4) is 11.4 Å². The highest BCUT2D eigenvalue weighted by Crippen LogP contribution is 2.24. The maximum atomic E-state index is 13.5. The maximum Gasteiger partial charge on any atom is 0.245 e. The number of anilines is 1. The van der Waals surface area contributed by atoms with Crippen molar-refractivity contribution in [1.82, 2.24) is 15.2 Å². The van der Waals surface area contributed by atoms with E-state index >= 15 is 0 Å². The molecule has 2 atom stereocenters. The minimum absolute atomic E-state index is 0.0921. The van der Waals surface area contributed by atoms with Crippen molar-refractivity contribution in [2.75, 3.05) is 18.0 Å². The van der Waals surface area contributed by atoms with Crippen LogP contribution in [0.5, 0.6) is 0 Å². The molecule has 1 aromatic heterocycles. The van der Waals surface area contributed by atoms with E-state index in [2.05, 4.69) is 27.0 Å². The van der Waals surface area contributed by atoms with E-state index < -0.39 is 5.82 Å². The van der Waals surface area contributed by atoms with Crippen LogP contribution in [0.2, 0.25) is 5.02 Å². The quantitative estimate of drug-likeness (QED) is 0.894. The van der Waals surface area contributed by atoms with Gasteiger partial charge in [0.15, 0.2) is 5.82 Å². The predicted octanol–water partition coefficient (Wildman–Crippen LogP) is 2.44. The molecular weight excluding hydrogens is 293 g/mol. The summed E-state index contributed by atoms with van der Waals surface area (Å²) in [6.45, 7) is 3.76. The lowest BCUT2D eigenvalue weighted by Crippen LogP contribution is -2.48. The molecule has 21 heavy (non-hydrogen) atoms. The molecule has 0 amide bonds. The van der Waals surface area contributed by atoms with E-state index in [-0.39, 0.29) is 11.1 Å². The average molecular weight is 310 g/mol. The van der Waals surface area contributed by atoms with E-state index in [0.29, 0.717) is 23.3 Å². The molecule has 3 N–H and O–H groups in total. The molecule has 1 saturated heterocycles. The fourth-order valence-corrected chi connectivity index (χ4v) is 2.57. The second-order valence-electron chi connectivity index (χ2n) is 5.49. The molecular formula is C14H17ClFN5. The monoisotopic (exact) mass is 309 g/mol. The Morgan fingerprint density at radius 3 is 3.00 bits per heavy atom. The molecule has 2 heterocycles. The van der Waals surface area contributed by atoms with Gasteiger partial charge in [-0.1, -0.05) is 18.5 Å². The fourth-order valence-electron chi connectivity index (χ4n) is 2.45. The number of piperidine rings is 1. The summed E-state index contributed by atoms with van der Waals surface area (Å²) in [4.78, 5) is 6.48. The molecule has 0 spiro atoms. The van der Waals surface area contributed by atoms with Crippen molar-refractivity contribution in [1.29, 1.82) is 0 Å². The van der Waals surface area contributed by atoms with Crippen molar-refractivity contribution in [2.45, 2.75) is 19.4 Å².